The van der Waals surface area contributed by atoms with Crippen molar-refractivity contribution in [3.63, 3.8) is 0 Å². The maximum absolute atomic E-state index is 5.43. The summed E-state index contributed by atoms with van der Waals surface area (Å²) in [6.45, 7) is 4.67. The number of benzene rings is 2. The first kappa shape index (κ1) is 17.1. The van der Waals surface area contributed by atoms with Crippen molar-refractivity contribution in [1.82, 2.24) is 19.5 Å². The molecule has 0 spiro atoms. The minimum atomic E-state index is 0.732. The molecule has 1 aliphatic heterocycles. The van der Waals surface area contributed by atoms with E-state index >= 15 is 0 Å². The molecule has 2 aromatic carbocycles. The molecule has 5 nitrogen and oxygen atoms in total. The molecule has 0 aliphatic carbocycles. The quantitative estimate of drug-likeness (QED) is 0.550. The Kier molecular flexibility index (Phi) is 4.61. The average Bonchev–Trinajstić information content (AvgIpc) is 3.24. The van der Waals surface area contributed by atoms with Crippen LogP contribution < -0.4 is 0 Å². The van der Waals surface area contributed by atoms with Crippen molar-refractivity contribution < 1.29 is 4.74 Å². The first-order valence-corrected chi connectivity index (χ1v) is 9.57. The van der Waals surface area contributed by atoms with Crippen molar-refractivity contribution in [2.45, 2.75) is 6.54 Å². The van der Waals surface area contributed by atoms with Crippen molar-refractivity contribution >= 4 is 5.65 Å². The third-order valence-corrected chi connectivity index (χ3v) is 5.18. The van der Waals surface area contributed by atoms with E-state index in [2.05, 4.69) is 69.6 Å². The Labute approximate surface area is 164 Å². The maximum Gasteiger partial charge on any atom is 0.163 e. The van der Waals surface area contributed by atoms with Gasteiger partial charge in [-0.1, -0.05) is 42.5 Å². The molecule has 0 saturated carbocycles. The first-order chi connectivity index (χ1) is 13.9. The van der Waals surface area contributed by atoms with Gasteiger partial charge in [0.1, 0.15) is 0 Å². The minimum Gasteiger partial charge on any atom is -0.379 e. The fraction of sp³-hybridized carbons (Fsp3) is 0.217. The van der Waals surface area contributed by atoms with Crippen LogP contribution in [0.2, 0.25) is 0 Å². The standard InChI is InChI=1S/C23H21N4O/c1-2-20(16-21(3-1)22-8-10-24-23-9-11-25-27(22)23)19-6-4-18(5-7-19)17-26-12-14-28-15-13-26/h1-8,10-11,16H,12-15,17H2. The molecular weight excluding hydrogens is 348 g/mol. The van der Waals surface area contributed by atoms with Gasteiger partial charge in [0, 0.05) is 31.4 Å². The van der Waals surface area contributed by atoms with Crippen LogP contribution in [0, 0.1) is 6.07 Å². The third kappa shape index (κ3) is 3.42. The van der Waals surface area contributed by atoms with E-state index in [0.717, 1.165) is 49.8 Å². The SMILES string of the molecule is [c]1cnn2c(-c3cccc(-c4ccc(CN5CCOCC5)cc4)c3)ccnc12. The van der Waals surface area contributed by atoms with E-state index in [-0.39, 0.29) is 0 Å². The van der Waals surface area contributed by atoms with E-state index in [1.807, 2.05) is 10.6 Å². The van der Waals surface area contributed by atoms with Gasteiger partial charge in [-0.05, 0) is 28.8 Å². The number of hydrogen-bond donors (Lipinski definition) is 0. The molecule has 1 aliphatic rings. The van der Waals surface area contributed by atoms with E-state index in [4.69, 9.17) is 4.74 Å². The van der Waals surface area contributed by atoms with E-state index in [1.165, 1.54) is 16.7 Å². The monoisotopic (exact) mass is 369 g/mol. The Bertz CT molecular complexity index is 1080. The highest BCUT2D eigenvalue weighted by atomic mass is 16.5. The van der Waals surface area contributed by atoms with E-state index < -0.39 is 0 Å². The van der Waals surface area contributed by atoms with Gasteiger partial charge in [-0.3, -0.25) is 4.90 Å². The summed E-state index contributed by atoms with van der Waals surface area (Å²) in [5, 5.41) is 4.35. The van der Waals surface area contributed by atoms with Crippen LogP contribution in [0.4, 0.5) is 0 Å². The minimum absolute atomic E-state index is 0.732. The topological polar surface area (TPSA) is 42.7 Å². The molecule has 1 radical (unpaired) electrons. The normalized spacial score (nSPS) is 15.1. The summed E-state index contributed by atoms with van der Waals surface area (Å²) in [6.07, 6.45) is 3.46. The van der Waals surface area contributed by atoms with Crippen LogP contribution in [0.3, 0.4) is 0 Å². The number of hydrogen-bond acceptors (Lipinski definition) is 4. The Balaban J connectivity index is 1.41. The van der Waals surface area contributed by atoms with Crippen molar-refractivity contribution in [3.05, 3.63) is 78.6 Å². The first-order valence-electron chi connectivity index (χ1n) is 9.57. The van der Waals surface area contributed by atoms with E-state index in [1.54, 1.807) is 12.4 Å². The fourth-order valence-electron chi connectivity index (χ4n) is 3.67. The zero-order chi connectivity index (χ0) is 18.8. The molecule has 0 N–H and O–H groups in total. The van der Waals surface area contributed by atoms with Crippen molar-refractivity contribution in [2.24, 2.45) is 0 Å². The summed E-state index contributed by atoms with van der Waals surface area (Å²) in [5.74, 6) is 0. The molecule has 4 aromatic rings. The second kappa shape index (κ2) is 7.54. The predicted molar refractivity (Wildman–Crippen MR) is 109 cm³/mol. The van der Waals surface area contributed by atoms with E-state index in [0.29, 0.717) is 0 Å². The van der Waals surface area contributed by atoms with Gasteiger partial charge >= 0.3 is 0 Å². The molecule has 0 amide bonds. The molecule has 28 heavy (non-hydrogen) atoms. The Hall–Kier alpha value is -3.02. The van der Waals surface area contributed by atoms with Crippen LogP contribution in [0.15, 0.2) is 67.0 Å². The molecule has 5 heteroatoms. The lowest BCUT2D eigenvalue weighted by molar-refractivity contribution is 0.0342. The van der Waals surface area contributed by atoms with Crippen molar-refractivity contribution in [3.8, 4) is 22.4 Å². The molecular formula is C23H21N4O. The van der Waals surface area contributed by atoms with Crippen LogP contribution in [0.5, 0.6) is 0 Å². The molecule has 1 saturated heterocycles. The Morgan fingerprint density at radius 1 is 0.929 bits per heavy atom. The number of fused-ring (bicyclic) bond motifs is 1. The lowest BCUT2D eigenvalue weighted by atomic mass is 10.0. The number of aromatic nitrogens is 3. The number of ether oxygens (including phenoxy) is 1. The molecule has 2 aromatic heterocycles. The summed E-state index contributed by atoms with van der Waals surface area (Å²) >= 11 is 0. The Morgan fingerprint density at radius 3 is 2.61 bits per heavy atom. The van der Waals surface area contributed by atoms with E-state index in [9.17, 15) is 0 Å². The van der Waals surface area contributed by atoms with Gasteiger partial charge in [0.25, 0.3) is 0 Å². The summed E-state index contributed by atoms with van der Waals surface area (Å²) in [5.41, 5.74) is 6.60. The molecule has 1 fully saturated rings. The molecule has 0 bridgehead atoms. The van der Waals surface area contributed by atoms with Gasteiger partial charge in [0.05, 0.1) is 31.2 Å². The lowest BCUT2D eigenvalue weighted by Gasteiger charge is -2.26. The highest BCUT2D eigenvalue weighted by Gasteiger charge is 2.11. The van der Waals surface area contributed by atoms with Gasteiger partial charge in [-0.2, -0.15) is 5.10 Å². The van der Waals surface area contributed by atoms with Gasteiger partial charge in [-0.25, -0.2) is 9.50 Å². The van der Waals surface area contributed by atoms with Crippen LogP contribution in [-0.4, -0.2) is 45.8 Å². The zero-order valence-electron chi connectivity index (χ0n) is 15.6. The number of nitrogens with zero attached hydrogens (tertiary/aromatic N) is 4. The third-order valence-electron chi connectivity index (χ3n) is 5.18. The van der Waals surface area contributed by atoms with Gasteiger partial charge < -0.3 is 4.74 Å². The summed E-state index contributed by atoms with van der Waals surface area (Å²) in [4.78, 5) is 6.74. The second-order valence-corrected chi connectivity index (χ2v) is 7.02. The molecule has 0 atom stereocenters. The summed E-state index contributed by atoms with van der Waals surface area (Å²) < 4.78 is 7.25. The molecule has 0 unspecified atom stereocenters. The second-order valence-electron chi connectivity index (χ2n) is 7.02. The smallest absolute Gasteiger partial charge is 0.163 e. The van der Waals surface area contributed by atoms with Crippen LogP contribution in [0.25, 0.3) is 28.0 Å². The van der Waals surface area contributed by atoms with Crippen LogP contribution in [0.1, 0.15) is 5.56 Å². The van der Waals surface area contributed by atoms with Gasteiger partial charge in [0.2, 0.25) is 0 Å². The Morgan fingerprint density at radius 2 is 1.75 bits per heavy atom. The largest absolute Gasteiger partial charge is 0.379 e. The molecule has 5 rings (SSSR count). The summed E-state index contributed by atoms with van der Waals surface area (Å²) in [6, 6.07) is 22.4. The fourth-order valence-corrected chi connectivity index (χ4v) is 3.67. The van der Waals surface area contributed by atoms with Crippen LogP contribution in [-0.2, 0) is 11.3 Å². The van der Waals surface area contributed by atoms with Gasteiger partial charge in [0.15, 0.2) is 5.65 Å². The van der Waals surface area contributed by atoms with Crippen LogP contribution >= 0.6 is 0 Å². The zero-order valence-corrected chi connectivity index (χ0v) is 15.6. The van der Waals surface area contributed by atoms with Crippen molar-refractivity contribution in [2.75, 3.05) is 26.3 Å². The highest BCUT2D eigenvalue weighted by molar-refractivity contribution is 5.72. The average molecular weight is 369 g/mol. The lowest BCUT2D eigenvalue weighted by Crippen LogP contribution is -2.35. The number of rotatable bonds is 4. The highest BCUT2D eigenvalue weighted by Crippen LogP contribution is 2.26. The van der Waals surface area contributed by atoms with Crippen molar-refractivity contribution in [1.29, 1.82) is 0 Å². The maximum atomic E-state index is 5.43. The molecule has 139 valence electrons. The predicted octanol–water partition coefficient (Wildman–Crippen LogP) is 3.70. The number of morpholine rings is 1. The molecule has 3 heterocycles. The van der Waals surface area contributed by atoms with Gasteiger partial charge in [-0.15, -0.1) is 0 Å². The summed E-state index contributed by atoms with van der Waals surface area (Å²) in [7, 11) is 0.